The Morgan fingerprint density at radius 2 is 1.98 bits per heavy atom. The Morgan fingerprint density at radius 1 is 1.20 bits per heavy atom. The lowest BCUT2D eigenvalue weighted by atomic mass is 9.95. The van der Waals surface area contributed by atoms with E-state index in [9.17, 15) is 22.0 Å². The molecule has 4 aliphatic rings. The van der Waals surface area contributed by atoms with Crippen LogP contribution >= 0.6 is 11.6 Å². The predicted molar refractivity (Wildman–Crippen MR) is 159 cm³/mol. The summed E-state index contributed by atoms with van der Waals surface area (Å²) in [4.78, 5) is 17.3. The molecule has 0 amide bonds. The Bertz CT molecular complexity index is 1710. The van der Waals surface area contributed by atoms with E-state index in [0.717, 1.165) is 19.4 Å². The quantitative estimate of drug-likeness (QED) is 0.268. The SMILES string of the molecule is CC[C@@H]1CN2c3nc(OC[C@@]45CCCN4C[C@H](F)C5)nc4c(F)c(-c5cc(N)c(F)c(Cl)c5C(F)(F)F)nc(c34)O[C@@H](C)[C@@H]2CN1. The molecular weight excluding hydrogens is 640 g/mol. The van der Waals surface area contributed by atoms with Crippen LogP contribution in [0.4, 0.5) is 37.8 Å². The van der Waals surface area contributed by atoms with Gasteiger partial charge in [-0.05, 0) is 38.8 Å². The number of hydrogen-bond acceptors (Lipinski definition) is 9. The fourth-order valence-electron chi connectivity index (χ4n) is 7.42. The Balaban J connectivity index is 1.44. The van der Waals surface area contributed by atoms with Gasteiger partial charge in [0.2, 0.25) is 5.88 Å². The first kappa shape index (κ1) is 31.3. The van der Waals surface area contributed by atoms with Gasteiger partial charge in [0.1, 0.15) is 41.3 Å². The van der Waals surface area contributed by atoms with Gasteiger partial charge < -0.3 is 25.4 Å². The summed E-state index contributed by atoms with van der Waals surface area (Å²) in [6, 6.07) is 0.164. The van der Waals surface area contributed by atoms with E-state index in [1.165, 1.54) is 0 Å². The van der Waals surface area contributed by atoms with E-state index >= 15 is 4.39 Å². The number of nitrogens with two attached hydrogens (primary N) is 1. The zero-order valence-corrected chi connectivity index (χ0v) is 25.8. The number of benzene rings is 1. The second-order valence-corrected chi connectivity index (χ2v) is 12.9. The number of fused-ring (bicyclic) bond motifs is 3. The topological polar surface area (TPSA) is 102 Å². The van der Waals surface area contributed by atoms with Crippen molar-refractivity contribution >= 4 is 34.0 Å². The number of piperazine rings is 1. The summed E-state index contributed by atoms with van der Waals surface area (Å²) in [6.45, 7) is 5.79. The molecule has 16 heteroatoms. The lowest BCUT2D eigenvalue weighted by Gasteiger charge is -2.42. The van der Waals surface area contributed by atoms with Crippen LogP contribution < -0.4 is 25.4 Å². The van der Waals surface area contributed by atoms with E-state index in [-0.39, 0.29) is 48.2 Å². The summed E-state index contributed by atoms with van der Waals surface area (Å²) in [6.07, 6.45) is -4.15. The average Bonchev–Trinajstić information content (AvgIpc) is 3.50. The molecule has 3 N–H and O–H groups in total. The van der Waals surface area contributed by atoms with Crippen LogP contribution in [0.2, 0.25) is 5.02 Å². The molecule has 3 saturated heterocycles. The lowest BCUT2D eigenvalue weighted by Crippen LogP contribution is -2.60. The largest absolute Gasteiger partial charge is 0.472 e. The fraction of sp³-hybridized carbons (Fsp3) is 0.567. The van der Waals surface area contributed by atoms with Crippen molar-refractivity contribution < 1.29 is 35.8 Å². The van der Waals surface area contributed by atoms with E-state index in [1.54, 1.807) is 6.92 Å². The molecule has 0 radical (unpaired) electrons. The number of nitrogens with one attached hydrogen (secondary N) is 1. The van der Waals surface area contributed by atoms with Crippen LogP contribution in [0.3, 0.4) is 0 Å². The molecule has 1 aromatic carbocycles. The van der Waals surface area contributed by atoms with Gasteiger partial charge in [0, 0.05) is 37.7 Å². The van der Waals surface area contributed by atoms with E-state index in [1.807, 2.05) is 16.7 Å². The van der Waals surface area contributed by atoms with E-state index < -0.39 is 68.7 Å². The first-order valence-corrected chi connectivity index (χ1v) is 15.6. The van der Waals surface area contributed by atoms with Gasteiger partial charge in [0.15, 0.2) is 11.6 Å². The molecule has 0 bridgehead atoms. The lowest BCUT2D eigenvalue weighted by molar-refractivity contribution is -0.137. The summed E-state index contributed by atoms with van der Waals surface area (Å²) >= 11 is 5.81. The van der Waals surface area contributed by atoms with Gasteiger partial charge in [-0.2, -0.15) is 23.1 Å². The van der Waals surface area contributed by atoms with E-state index in [0.29, 0.717) is 32.1 Å². The highest BCUT2D eigenvalue weighted by molar-refractivity contribution is 6.32. The third kappa shape index (κ3) is 4.96. The molecule has 6 heterocycles. The van der Waals surface area contributed by atoms with Crippen molar-refractivity contribution in [2.75, 3.05) is 43.4 Å². The van der Waals surface area contributed by atoms with Crippen molar-refractivity contribution in [1.29, 1.82) is 0 Å². The molecule has 3 fully saturated rings. The van der Waals surface area contributed by atoms with Crippen molar-refractivity contribution in [2.45, 2.75) is 75.6 Å². The summed E-state index contributed by atoms with van der Waals surface area (Å²) < 4.78 is 101. The standard InChI is InChI=1S/C30H32ClF6N7O2/c1-3-15-11-44-18(9-39-15)13(2)46-27-19-25(23(34)24(40-27)16-7-17(38)22(33)21(31)20(16)30(35,36)37)41-28(42-26(19)44)45-12-29-5-4-6-43(29)10-14(32)8-29/h7,13-15,18,39H,3-6,8-12,38H2,1-2H3/t13-,14+,15+,18-,29-/m0/s1. The van der Waals surface area contributed by atoms with Crippen molar-refractivity contribution in [2.24, 2.45) is 0 Å². The maximum atomic E-state index is 16.7. The Morgan fingerprint density at radius 3 is 2.72 bits per heavy atom. The average molecular weight is 672 g/mol. The Hall–Kier alpha value is -3.30. The van der Waals surface area contributed by atoms with Gasteiger partial charge in [-0.15, -0.1) is 0 Å². The molecule has 7 rings (SSSR count). The van der Waals surface area contributed by atoms with Crippen LogP contribution in [0.5, 0.6) is 11.9 Å². The van der Waals surface area contributed by atoms with Crippen LogP contribution in [0.25, 0.3) is 22.2 Å². The molecular formula is C30H32ClF6N7O2. The molecule has 0 unspecified atom stereocenters. The minimum atomic E-state index is -5.19. The highest BCUT2D eigenvalue weighted by atomic mass is 35.5. The molecule has 3 aromatic rings. The van der Waals surface area contributed by atoms with Gasteiger partial charge in [-0.25, -0.2) is 18.2 Å². The number of alkyl halides is 4. The Kier molecular flexibility index (Phi) is 7.59. The van der Waals surface area contributed by atoms with Crippen LogP contribution in [0.1, 0.15) is 45.1 Å². The normalized spacial score (nSPS) is 27.8. The number of hydrogen-bond donors (Lipinski definition) is 2. The highest BCUT2D eigenvalue weighted by Gasteiger charge is 2.50. The van der Waals surface area contributed by atoms with Gasteiger partial charge in [0.25, 0.3) is 0 Å². The van der Waals surface area contributed by atoms with Gasteiger partial charge in [0.05, 0.1) is 27.9 Å². The van der Waals surface area contributed by atoms with Crippen LogP contribution in [0, 0.1) is 11.6 Å². The second-order valence-electron chi connectivity index (χ2n) is 12.6. The number of pyridine rings is 1. The first-order chi connectivity index (χ1) is 21.8. The molecule has 9 nitrogen and oxygen atoms in total. The maximum Gasteiger partial charge on any atom is 0.418 e. The minimum absolute atomic E-state index is 0.0442. The number of ether oxygens (including phenoxy) is 2. The minimum Gasteiger partial charge on any atom is -0.472 e. The summed E-state index contributed by atoms with van der Waals surface area (Å²) in [7, 11) is 0. The van der Waals surface area contributed by atoms with Crippen molar-refractivity contribution in [1.82, 2.24) is 25.2 Å². The molecule has 2 aromatic heterocycles. The maximum absolute atomic E-state index is 16.7. The molecule has 0 spiro atoms. The fourth-order valence-corrected chi connectivity index (χ4v) is 7.74. The molecule has 5 atom stereocenters. The van der Waals surface area contributed by atoms with Crippen LogP contribution in [-0.2, 0) is 6.18 Å². The number of nitrogen functional groups attached to an aromatic ring is 1. The first-order valence-electron chi connectivity index (χ1n) is 15.3. The van der Waals surface area contributed by atoms with Crippen molar-refractivity contribution in [3.8, 4) is 23.1 Å². The van der Waals surface area contributed by atoms with Gasteiger partial charge in [-0.1, -0.05) is 18.5 Å². The van der Waals surface area contributed by atoms with Gasteiger partial charge >= 0.3 is 12.2 Å². The highest BCUT2D eigenvalue weighted by Crippen LogP contribution is 2.48. The molecule has 46 heavy (non-hydrogen) atoms. The molecule has 4 aliphatic heterocycles. The zero-order chi connectivity index (χ0) is 32.7. The van der Waals surface area contributed by atoms with Crippen molar-refractivity contribution in [3.05, 3.63) is 28.3 Å². The predicted octanol–water partition coefficient (Wildman–Crippen LogP) is 5.52. The van der Waals surface area contributed by atoms with Gasteiger partial charge in [-0.3, -0.25) is 4.90 Å². The number of anilines is 2. The smallest absolute Gasteiger partial charge is 0.418 e. The molecule has 0 aliphatic carbocycles. The van der Waals surface area contributed by atoms with E-state index in [4.69, 9.17) is 31.8 Å². The number of aromatic nitrogens is 3. The molecule has 248 valence electrons. The monoisotopic (exact) mass is 671 g/mol. The Labute approximate surface area is 265 Å². The number of halogens is 7. The van der Waals surface area contributed by atoms with Crippen LogP contribution in [-0.4, -0.2) is 82.5 Å². The summed E-state index contributed by atoms with van der Waals surface area (Å²) in [5, 5.41) is 2.20. The van der Waals surface area contributed by atoms with Crippen LogP contribution in [0.15, 0.2) is 6.07 Å². The van der Waals surface area contributed by atoms with E-state index in [2.05, 4.69) is 15.3 Å². The second kappa shape index (κ2) is 11.2. The number of nitrogens with zero attached hydrogens (tertiary/aromatic N) is 5. The van der Waals surface area contributed by atoms with Crippen molar-refractivity contribution in [3.63, 3.8) is 0 Å². The third-order valence-electron chi connectivity index (χ3n) is 9.75. The summed E-state index contributed by atoms with van der Waals surface area (Å²) in [5.74, 6) is -2.68. The third-order valence-corrected chi connectivity index (χ3v) is 10.1. The summed E-state index contributed by atoms with van der Waals surface area (Å²) in [5.41, 5.74) is 0.642. The zero-order valence-electron chi connectivity index (χ0n) is 25.0. The number of rotatable bonds is 5. The molecule has 0 saturated carbocycles.